The number of rotatable bonds is 4. The van der Waals surface area contributed by atoms with Crippen LogP contribution in [0, 0.1) is 22.7 Å². The van der Waals surface area contributed by atoms with E-state index in [2.05, 4.69) is 171 Å². The minimum absolute atomic E-state index is 0.583. The van der Waals surface area contributed by atoms with E-state index < -0.39 is 0 Å². The smallest absolute Gasteiger partial charge is 0.0998 e. The van der Waals surface area contributed by atoms with Crippen molar-refractivity contribution in [3.63, 3.8) is 0 Å². The average Bonchev–Trinajstić information content (AvgIpc) is 3.89. The van der Waals surface area contributed by atoms with E-state index in [1.165, 1.54) is 21.5 Å². The van der Waals surface area contributed by atoms with E-state index in [4.69, 9.17) is 0 Å². The third-order valence-electron chi connectivity index (χ3n) is 11.1. The molecular weight excluding hydrogens is 671 g/mol. The van der Waals surface area contributed by atoms with E-state index in [9.17, 15) is 10.5 Å². The molecule has 0 spiro atoms. The Labute approximate surface area is 316 Å². The summed E-state index contributed by atoms with van der Waals surface area (Å²) >= 11 is 0. The van der Waals surface area contributed by atoms with Crippen LogP contribution in [-0.4, -0.2) is 13.7 Å². The SMILES string of the molecule is N#Cc1ccc2c(c1)c1cccc(-n3c4ccccc4c4ccccc43)c1n2-c1cccc(C#N)c1-c1ccc(-n2c3ccccc3c3ccccc32)cc1. The molecule has 5 heteroatoms. The van der Waals surface area contributed by atoms with Crippen LogP contribution in [0.25, 0.3) is 93.6 Å². The van der Waals surface area contributed by atoms with Gasteiger partial charge in [-0.2, -0.15) is 10.5 Å². The van der Waals surface area contributed by atoms with Gasteiger partial charge in [0.15, 0.2) is 0 Å². The van der Waals surface area contributed by atoms with Gasteiger partial charge in [0.05, 0.1) is 67.7 Å². The molecule has 0 atom stereocenters. The van der Waals surface area contributed by atoms with Crippen LogP contribution in [0.15, 0.2) is 176 Å². The van der Waals surface area contributed by atoms with Crippen molar-refractivity contribution < 1.29 is 0 Å². The van der Waals surface area contributed by atoms with Crippen LogP contribution in [0.4, 0.5) is 0 Å². The number of hydrogen-bond donors (Lipinski definition) is 0. The largest absolute Gasteiger partial charge is 0.309 e. The van der Waals surface area contributed by atoms with E-state index in [1.807, 2.05) is 30.3 Å². The third kappa shape index (κ3) is 4.39. The lowest BCUT2D eigenvalue weighted by Crippen LogP contribution is -2.03. The highest BCUT2D eigenvalue weighted by atomic mass is 15.1. The highest BCUT2D eigenvalue weighted by Crippen LogP contribution is 2.43. The molecule has 8 aromatic carbocycles. The zero-order valence-corrected chi connectivity index (χ0v) is 29.5. The summed E-state index contributed by atoms with van der Waals surface area (Å²) in [4.78, 5) is 0. The Morgan fingerprint density at radius 1 is 0.364 bits per heavy atom. The molecule has 254 valence electrons. The molecular formula is C50H29N5. The van der Waals surface area contributed by atoms with Gasteiger partial charge < -0.3 is 13.7 Å². The first-order valence-electron chi connectivity index (χ1n) is 18.3. The second-order valence-electron chi connectivity index (χ2n) is 14.0. The fourth-order valence-corrected chi connectivity index (χ4v) is 8.83. The van der Waals surface area contributed by atoms with Crippen molar-refractivity contribution in [1.29, 1.82) is 10.5 Å². The van der Waals surface area contributed by atoms with Gasteiger partial charge in [-0.05, 0) is 78.4 Å². The molecule has 0 radical (unpaired) electrons. The van der Waals surface area contributed by atoms with Crippen molar-refractivity contribution in [2.75, 3.05) is 0 Å². The Balaban J connectivity index is 1.20. The number of aromatic nitrogens is 3. The van der Waals surface area contributed by atoms with E-state index in [-0.39, 0.29) is 0 Å². The first-order valence-corrected chi connectivity index (χ1v) is 18.3. The minimum atomic E-state index is 0.583. The van der Waals surface area contributed by atoms with Gasteiger partial charge in [0, 0.05) is 43.6 Å². The maximum absolute atomic E-state index is 10.7. The van der Waals surface area contributed by atoms with Gasteiger partial charge in [-0.1, -0.05) is 103 Å². The molecule has 0 unspecified atom stereocenters. The molecule has 0 N–H and O–H groups in total. The zero-order chi connectivity index (χ0) is 36.6. The van der Waals surface area contributed by atoms with Gasteiger partial charge in [0.25, 0.3) is 0 Å². The molecule has 0 aliphatic rings. The van der Waals surface area contributed by atoms with Crippen molar-refractivity contribution >= 4 is 65.4 Å². The molecule has 0 saturated heterocycles. The Bertz CT molecular complexity index is 3350. The first-order chi connectivity index (χ1) is 27.2. The van der Waals surface area contributed by atoms with Crippen molar-refractivity contribution in [2.24, 2.45) is 0 Å². The fourth-order valence-electron chi connectivity index (χ4n) is 8.83. The maximum atomic E-state index is 10.7. The molecule has 11 rings (SSSR count). The molecule has 0 amide bonds. The molecule has 0 fully saturated rings. The predicted octanol–water partition coefficient (Wildman–Crippen LogP) is 12.4. The molecule has 5 nitrogen and oxygen atoms in total. The standard InChI is InChI=1S/C50H29N5/c51-30-32-23-28-46-41(29-32)40-16-10-22-48(54-44-19-7-3-14-38(44)39-15-4-8-20-45(39)54)50(40)55(46)47-21-9-11-34(31-52)49(47)33-24-26-35(27-25-33)53-42-17-5-1-12-36(42)37-13-2-6-18-43(37)53/h1-29H. The molecule has 3 aromatic heterocycles. The van der Waals surface area contributed by atoms with E-state index in [0.717, 1.165) is 72.1 Å². The molecule has 55 heavy (non-hydrogen) atoms. The lowest BCUT2D eigenvalue weighted by Gasteiger charge is -2.18. The van der Waals surface area contributed by atoms with Crippen molar-refractivity contribution in [3.05, 3.63) is 187 Å². The normalized spacial score (nSPS) is 11.6. The van der Waals surface area contributed by atoms with Crippen LogP contribution in [0.5, 0.6) is 0 Å². The number of benzene rings is 8. The van der Waals surface area contributed by atoms with E-state index in [1.54, 1.807) is 0 Å². The summed E-state index contributed by atoms with van der Waals surface area (Å²) in [5, 5.41) is 27.5. The van der Waals surface area contributed by atoms with Crippen LogP contribution in [0.3, 0.4) is 0 Å². The highest BCUT2D eigenvalue weighted by Gasteiger charge is 2.23. The Hall–Kier alpha value is -7.86. The third-order valence-corrected chi connectivity index (χ3v) is 11.1. The number of fused-ring (bicyclic) bond motifs is 9. The van der Waals surface area contributed by atoms with Crippen LogP contribution in [-0.2, 0) is 0 Å². The second-order valence-corrected chi connectivity index (χ2v) is 14.0. The average molecular weight is 700 g/mol. The van der Waals surface area contributed by atoms with Gasteiger partial charge in [-0.15, -0.1) is 0 Å². The number of hydrogen-bond acceptors (Lipinski definition) is 2. The second kappa shape index (κ2) is 11.8. The minimum Gasteiger partial charge on any atom is -0.309 e. The summed E-state index contributed by atoms with van der Waals surface area (Å²) in [6, 6.07) is 65.9. The summed E-state index contributed by atoms with van der Waals surface area (Å²) in [5.74, 6) is 0. The lowest BCUT2D eigenvalue weighted by atomic mass is 9.97. The highest BCUT2D eigenvalue weighted by molar-refractivity contribution is 6.16. The Morgan fingerprint density at radius 2 is 0.873 bits per heavy atom. The lowest BCUT2D eigenvalue weighted by molar-refractivity contribution is 1.13. The van der Waals surface area contributed by atoms with Crippen molar-refractivity contribution in [2.45, 2.75) is 0 Å². The summed E-state index contributed by atoms with van der Waals surface area (Å²) in [6.45, 7) is 0. The summed E-state index contributed by atoms with van der Waals surface area (Å²) in [5.41, 5.74) is 12.4. The molecule has 0 bridgehead atoms. The molecule has 0 saturated carbocycles. The van der Waals surface area contributed by atoms with E-state index in [0.29, 0.717) is 11.1 Å². The number of para-hydroxylation sites is 5. The van der Waals surface area contributed by atoms with Gasteiger partial charge in [0.1, 0.15) is 0 Å². The zero-order valence-electron chi connectivity index (χ0n) is 29.5. The van der Waals surface area contributed by atoms with Gasteiger partial charge in [-0.25, -0.2) is 0 Å². The quantitative estimate of drug-likeness (QED) is 0.184. The van der Waals surface area contributed by atoms with Crippen molar-refractivity contribution in [1.82, 2.24) is 13.7 Å². The van der Waals surface area contributed by atoms with Crippen LogP contribution in [0.1, 0.15) is 11.1 Å². The van der Waals surface area contributed by atoms with Gasteiger partial charge in [-0.3, -0.25) is 0 Å². The fraction of sp³-hybridized carbons (Fsp3) is 0. The Morgan fingerprint density at radius 3 is 1.45 bits per heavy atom. The van der Waals surface area contributed by atoms with Gasteiger partial charge >= 0.3 is 0 Å². The monoisotopic (exact) mass is 699 g/mol. The van der Waals surface area contributed by atoms with Crippen molar-refractivity contribution in [3.8, 4) is 40.3 Å². The summed E-state index contributed by atoms with van der Waals surface area (Å²) in [6.07, 6.45) is 0. The Kier molecular flexibility index (Phi) is 6.61. The van der Waals surface area contributed by atoms with E-state index >= 15 is 0 Å². The van der Waals surface area contributed by atoms with Crippen LogP contribution < -0.4 is 0 Å². The maximum Gasteiger partial charge on any atom is 0.0998 e. The molecule has 11 aromatic rings. The summed E-state index contributed by atoms with van der Waals surface area (Å²) < 4.78 is 6.95. The van der Waals surface area contributed by atoms with Crippen LogP contribution in [0.2, 0.25) is 0 Å². The molecule has 0 aliphatic heterocycles. The molecule has 0 aliphatic carbocycles. The topological polar surface area (TPSA) is 62.4 Å². The summed E-state index contributed by atoms with van der Waals surface area (Å²) in [7, 11) is 0. The predicted molar refractivity (Wildman–Crippen MR) is 224 cm³/mol. The van der Waals surface area contributed by atoms with Crippen LogP contribution >= 0.6 is 0 Å². The molecule has 3 heterocycles. The van der Waals surface area contributed by atoms with Gasteiger partial charge in [0.2, 0.25) is 0 Å². The number of nitrogens with zero attached hydrogens (tertiary/aromatic N) is 5. The first kappa shape index (κ1) is 30.7. The number of nitriles is 2.